The van der Waals surface area contributed by atoms with Crippen LogP contribution in [-0.2, 0) is 11.2 Å². The van der Waals surface area contributed by atoms with Crippen LogP contribution in [0.25, 0.3) is 0 Å². The number of amides is 1. The van der Waals surface area contributed by atoms with Crippen molar-refractivity contribution in [2.75, 3.05) is 13.1 Å². The number of hydrogen-bond acceptors (Lipinski definition) is 3. The van der Waals surface area contributed by atoms with Crippen molar-refractivity contribution in [3.8, 4) is 5.75 Å². The zero-order valence-corrected chi connectivity index (χ0v) is 9.80. The van der Waals surface area contributed by atoms with E-state index in [1.54, 1.807) is 18.2 Å². The summed E-state index contributed by atoms with van der Waals surface area (Å²) in [6, 6.07) is 7.03. The molecular weight excluding hydrogens is 216 g/mol. The first-order valence-corrected chi connectivity index (χ1v) is 5.98. The minimum absolute atomic E-state index is 0.101. The number of hydrogen-bond donors (Lipinski definition) is 2. The van der Waals surface area contributed by atoms with Crippen LogP contribution in [0.3, 0.4) is 0 Å². The van der Waals surface area contributed by atoms with Gasteiger partial charge in [-0.05, 0) is 30.5 Å². The van der Waals surface area contributed by atoms with Crippen molar-refractivity contribution >= 4 is 5.91 Å². The van der Waals surface area contributed by atoms with Crippen molar-refractivity contribution in [1.29, 1.82) is 0 Å². The summed E-state index contributed by atoms with van der Waals surface area (Å²) >= 11 is 0. The van der Waals surface area contributed by atoms with E-state index in [2.05, 4.69) is 0 Å². The fraction of sp³-hybridized carbons (Fsp3) is 0.462. The zero-order chi connectivity index (χ0) is 12.3. The second-order valence-corrected chi connectivity index (χ2v) is 4.47. The highest BCUT2D eigenvalue weighted by atomic mass is 16.3. The molecule has 0 aliphatic carbocycles. The minimum Gasteiger partial charge on any atom is -0.508 e. The minimum atomic E-state index is 0.101. The smallest absolute Gasteiger partial charge is 0.227 e. The number of rotatable bonds is 3. The average Bonchev–Trinajstić information content (AvgIpc) is 2.77. The van der Waals surface area contributed by atoms with Gasteiger partial charge in [0.2, 0.25) is 5.91 Å². The third kappa shape index (κ3) is 2.77. The molecule has 0 spiro atoms. The number of phenolic OH excluding ortho intramolecular Hbond substituents is 1. The van der Waals surface area contributed by atoms with Crippen LogP contribution in [0.5, 0.6) is 5.75 Å². The molecule has 1 aromatic carbocycles. The molecule has 1 aromatic rings. The third-order valence-electron chi connectivity index (χ3n) is 3.24. The number of aromatic hydroxyl groups is 1. The summed E-state index contributed by atoms with van der Waals surface area (Å²) in [5.74, 6) is 0.302. The molecule has 4 heteroatoms. The molecule has 4 nitrogen and oxygen atoms in total. The SMILES string of the molecule is NCC1CCCN1C(=O)Cc1cccc(O)c1. The number of benzene rings is 1. The van der Waals surface area contributed by atoms with Crippen LogP contribution in [0.2, 0.25) is 0 Å². The van der Waals surface area contributed by atoms with E-state index in [9.17, 15) is 9.90 Å². The predicted molar refractivity (Wildman–Crippen MR) is 65.6 cm³/mol. The molecular formula is C13H18N2O2. The monoisotopic (exact) mass is 234 g/mol. The molecule has 1 aliphatic heterocycles. The maximum absolute atomic E-state index is 12.1. The van der Waals surface area contributed by atoms with Crippen molar-refractivity contribution in [3.63, 3.8) is 0 Å². The number of phenols is 1. The van der Waals surface area contributed by atoms with Gasteiger partial charge >= 0.3 is 0 Å². The van der Waals surface area contributed by atoms with Gasteiger partial charge in [0.15, 0.2) is 0 Å². The number of carbonyl (C=O) groups excluding carboxylic acids is 1. The fourth-order valence-corrected chi connectivity index (χ4v) is 2.35. The maximum atomic E-state index is 12.1. The summed E-state index contributed by atoms with van der Waals surface area (Å²) in [6.07, 6.45) is 2.38. The standard InChI is InChI=1S/C13H18N2O2/c14-9-11-4-2-6-15(11)13(17)8-10-3-1-5-12(16)7-10/h1,3,5,7,11,16H,2,4,6,8-9,14H2. The first kappa shape index (κ1) is 11.9. The second kappa shape index (κ2) is 5.19. The molecule has 2 rings (SSSR count). The molecule has 1 amide bonds. The summed E-state index contributed by atoms with van der Waals surface area (Å²) in [5, 5.41) is 9.34. The van der Waals surface area contributed by atoms with Gasteiger partial charge in [0.05, 0.1) is 6.42 Å². The van der Waals surface area contributed by atoms with E-state index in [1.807, 2.05) is 11.0 Å². The van der Waals surface area contributed by atoms with Crippen molar-refractivity contribution in [1.82, 2.24) is 4.90 Å². The molecule has 1 saturated heterocycles. The lowest BCUT2D eigenvalue weighted by atomic mass is 10.1. The van der Waals surface area contributed by atoms with E-state index in [-0.39, 0.29) is 17.7 Å². The Bertz CT molecular complexity index is 406. The normalized spacial score (nSPS) is 19.6. The lowest BCUT2D eigenvalue weighted by Crippen LogP contribution is -2.40. The van der Waals surface area contributed by atoms with Gasteiger partial charge in [-0.15, -0.1) is 0 Å². The summed E-state index contributed by atoms with van der Waals surface area (Å²) in [6.45, 7) is 1.34. The van der Waals surface area contributed by atoms with Crippen LogP contribution in [0, 0.1) is 0 Å². The van der Waals surface area contributed by atoms with Gasteiger partial charge in [0.1, 0.15) is 5.75 Å². The van der Waals surface area contributed by atoms with Gasteiger partial charge in [-0.1, -0.05) is 12.1 Å². The van der Waals surface area contributed by atoms with Crippen molar-refractivity contribution in [3.05, 3.63) is 29.8 Å². The molecule has 1 aliphatic rings. The summed E-state index contributed by atoms with van der Waals surface area (Å²) in [4.78, 5) is 13.9. The lowest BCUT2D eigenvalue weighted by molar-refractivity contribution is -0.131. The molecule has 17 heavy (non-hydrogen) atoms. The van der Waals surface area contributed by atoms with Crippen LogP contribution >= 0.6 is 0 Å². The number of carbonyl (C=O) groups is 1. The highest BCUT2D eigenvalue weighted by Gasteiger charge is 2.27. The Morgan fingerprint density at radius 2 is 2.35 bits per heavy atom. The summed E-state index contributed by atoms with van der Waals surface area (Å²) in [5.41, 5.74) is 6.49. The van der Waals surface area contributed by atoms with Gasteiger partial charge in [-0.2, -0.15) is 0 Å². The topological polar surface area (TPSA) is 66.6 Å². The molecule has 0 bridgehead atoms. The number of nitrogens with two attached hydrogens (primary N) is 1. The maximum Gasteiger partial charge on any atom is 0.227 e. The highest BCUT2D eigenvalue weighted by molar-refractivity contribution is 5.79. The zero-order valence-electron chi connectivity index (χ0n) is 9.80. The van der Waals surface area contributed by atoms with Crippen molar-refractivity contribution in [2.45, 2.75) is 25.3 Å². The molecule has 1 unspecified atom stereocenters. The number of likely N-dealkylation sites (tertiary alicyclic amines) is 1. The molecule has 1 fully saturated rings. The van der Waals surface area contributed by atoms with Gasteiger partial charge in [0, 0.05) is 19.1 Å². The van der Waals surface area contributed by atoms with E-state index in [0.717, 1.165) is 24.9 Å². The Balaban J connectivity index is 2.01. The fourth-order valence-electron chi connectivity index (χ4n) is 2.35. The largest absolute Gasteiger partial charge is 0.508 e. The van der Waals surface area contributed by atoms with E-state index in [0.29, 0.717) is 13.0 Å². The van der Waals surface area contributed by atoms with Crippen LogP contribution in [0.1, 0.15) is 18.4 Å². The van der Waals surface area contributed by atoms with Crippen molar-refractivity contribution < 1.29 is 9.90 Å². The third-order valence-corrected chi connectivity index (χ3v) is 3.24. The quantitative estimate of drug-likeness (QED) is 0.816. The summed E-state index contributed by atoms with van der Waals surface area (Å²) < 4.78 is 0. The van der Waals surface area contributed by atoms with Gasteiger partial charge in [-0.3, -0.25) is 4.79 Å². The predicted octanol–water partition coefficient (Wildman–Crippen LogP) is 0.884. The second-order valence-electron chi connectivity index (χ2n) is 4.47. The van der Waals surface area contributed by atoms with E-state index >= 15 is 0 Å². The Labute approximate surface area is 101 Å². The lowest BCUT2D eigenvalue weighted by Gasteiger charge is -2.23. The molecule has 1 atom stereocenters. The molecule has 92 valence electrons. The average molecular weight is 234 g/mol. The molecule has 3 N–H and O–H groups in total. The van der Waals surface area contributed by atoms with Gasteiger partial charge < -0.3 is 15.7 Å². The molecule has 0 aromatic heterocycles. The Morgan fingerprint density at radius 1 is 1.53 bits per heavy atom. The Hall–Kier alpha value is -1.55. The van der Waals surface area contributed by atoms with E-state index in [4.69, 9.17) is 5.73 Å². The molecule has 0 saturated carbocycles. The first-order chi connectivity index (χ1) is 8.20. The van der Waals surface area contributed by atoms with Crippen molar-refractivity contribution in [2.24, 2.45) is 5.73 Å². The van der Waals surface area contributed by atoms with Crippen LogP contribution in [0.4, 0.5) is 0 Å². The first-order valence-electron chi connectivity index (χ1n) is 5.98. The summed E-state index contributed by atoms with van der Waals surface area (Å²) in [7, 11) is 0. The molecule has 0 radical (unpaired) electrons. The van der Waals surface area contributed by atoms with Crippen LogP contribution in [0.15, 0.2) is 24.3 Å². The number of nitrogens with zero attached hydrogens (tertiary/aromatic N) is 1. The molecule has 1 heterocycles. The Morgan fingerprint density at radius 3 is 3.06 bits per heavy atom. The van der Waals surface area contributed by atoms with E-state index < -0.39 is 0 Å². The van der Waals surface area contributed by atoms with Gasteiger partial charge in [-0.25, -0.2) is 0 Å². The Kier molecular flexibility index (Phi) is 3.64. The van der Waals surface area contributed by atoms with Crippen LogP contribution in [-0.4, -0.2) is 35.0 Å². The highest BCUT2D eigenvalue weighted by Crippen LogP contribution is 2.18. The van der Waals surface area contributed by atoms with Crippen LogP contribution < -0.4 is 5.73 Å². The van der Waals surface area contributed by atoms with E-state index in [1.165, 1.54) is 0 Å². The van der Waals surface area contributed by atoms with Gasteiger partial charge in [0.25, 0.3) is 0 Å².